The molecule has 0 aliphatic rings. The van der Waals surface area contributed by atoms with Crippen LogP contribution in [0.2, 0.25) is 0 Å². The van der Waals surface area contributed by atoms with Crippen molar-refractivity contribution >= 4 is 39.3 Å². The Morgan fingerprint density at radius 3 is 2.50 bits per heavy atom. The van der Waals surface area contributed by atoms with Crippen molar-refractivity contribution in [3.05, 3.63) is 84.1 Å². The zero-order valence-corrected chi connectivity index (χ0v) is 16.2. The van der Waals surface area contributed by atoms with Gasteiger partial charge in [0.1, 0.15) is 11.6 Å². The van der Waals surface area contributed by atoms with Gasteiger partial charge in [-0.3, -0.25) is 4.79 Å². The molecule has 0 saturated heterocycles. The molecule has 5 nitrogen and oxygen atoms in total. The van der Waals surface area contributed by atoms with Gasteiger partial charge >= 0.3 is 0 Å². The number of rotatable bonds is 5. The quantitative estimate of drug-likeness (QED) is 0.373. The first-order valence-corrected chi connectivity index (χ1v) is 9.57. The number of nitrogens with zero attached hydrogens (tertiary/aromatic N) is 3. The second-order valence-electron chi connectivity index (χ2n) is 6.85. The molecule has 0 aliphatic heterocycles. The minimum Gasteiger partial charge on any atom is -0.346 e. The van der Waals surface area contributed by atoms with E-state index < -0.39 is 5.91 Å². The molecule has 4 aromatic rings. The number of nitriles is 2. The number of carbonyl (C=O) groups excluding carboxylic acids is 1. The van der Waals surface area contributed by atoms with Crippen molar-refractivity contribution in [2.75, 3.05) is 5.32 Å². The van der Waals surface area contributed by atoms with Gasteiger partial charge in [-0.05, 0) is 23.6 Å². The number of nitrogens with one attached hydrogen (secondary N) is 1. The minimum atomic E-state index is -0.456. The lowest BCUT2D eigenvalue weighted by Gasteiger charge is -2.08. The molecule has 144 valence electrons. The second kappa shape index (κ2) is 8.34. The summed E-state index contributed by atoms with van der Waals surface area (Å²) >= 11 is 0. The molecule has 1 amide bonds. The molecule has 0 atom stereocenters. The van der Waals surface area contributed by atoms with E-state index in [4.69, 9.17) is 5.26 Å². The van der Waals surface area contributed by atoms with Crippen molar-refractivity contribution in [3.8, 4) is 12.1 Å². The average Bonchev–Trinajstić information content (AvgIpc) is 3.13. The molecular formula is C25H18N4O. The maximum atomic E-state index is 12.9. The SMILES string of the molecule is N#CCCn1cc(/C=C(\C#N)C(=O)Nc2cccc3ccccc23)c2ccccc21. The van der Waals surface area contributed by atoms with Gasteiger partial charge in [-0.2, -0.15) is 10.5 Å². The Hall–Kier alpha value is -4.35. The molecule has 0 spiro atoms. The lowest BCUT2D eigenvalue weighted by Crippen LogP contribution is -2.13. The second-order valence-corrected chi connectivity index (χ2v) is 6.85. The number of fused-ring (bicyclic) bond motifs is 2. The van der Waals surface area contributed by atoms with Crippen LogP contribution >= 0.6 is 0 Å². The molecule has 5 heteroatoms. The Morgan fingerprint density at radius 2 is 1.70 bits per heavy atom. The van der Waals surface area contributed by atoms with Crippen molar-refractivity contribution in [2.24, 2.45) is 0 Å². The van der Waals surface area contributed by atoms with Crippen LogP contribution in [-0.4, -0.2) is 10.5 Å². The highest BCUT2D eigenvalue weighted by Crippen LogP contribution is 2.26. The molecule has 1 aromatic heterocycles. The molecular weight excluding hydrogens is 372 g/mol. The van der Waals surface area contributed by atoms with E-state index in [1.54, 1.807) is 6.08 Å². The van der Waals surface area contributed by atoms with Crippen LogP contribution in [0.15, 0.2) is 78.5 Å². The topological polar surface area (TPSA) is 81.6 Å². The van der Waals surface area contributed by atoms with Gasteiger partial charge in [-0.25, -0.2) is 0 Å². The number of hydrogen-bond donors (Lipinski definition) is 1. The Morgan fingerprint density at radius 1 is 0.967 bits per heavy atom. The van der Waals surface area contributed by atoms with Crippen molar-refractivity contribution in [3.63, 3.8) is 0 Å². The number of aromatic nitrogens is 1. The molecule has 0 aliphatic carbocycles. The first kappa shape index (κ1) is 19.0. The van der Waals surface area contributed by atoms with Crippen LogP contribution in [0.25, 0.3) is 27.8 Å². The largest absolute Gasteiger partial charge is 0.346 e. The lowest BCUT2D eigenvalue weighted by atomic mass is 10.1. The van der Waals surface area contributed by atoms with E-state index in [9.17, 15) is 10.1 Å². The third kappa shape index (κ3) is 3.65. The van der Waals surface area contributed by atoms with E-state index in [-0.39, 0.29) is 5.57 Å². The summed E-state index contributed by atoms with van der Waals surface area (Å²) in [6.45, 7) is 0.551. The molecule has 30 heavy (non-hydrogen) atoms. The van der Waals surface area contributed by atoms with Gasteiger partial charge in [0.05, 0.1) is 12.5 Å². The number of para-hydroxylation sites is 1. The third-order valence-corrected chi connectivity index (χ3v) is 4.99. The fraction of sp³-hybridized carbons (Fsp3) is 0.0800. The molecule has 0 radical (unpaired) electrons. The van der Waals surface area contributed by atoms with Gasteiger partial charge in [-0.15, -0.1) is 0 Å². The van der Waals surface area contributed by atoms with E-state index in [2.05, 4.69) is 11.4 Å². The summed E-state index contributed by atoms with van der Waals surface area (Å²) in [5.41, 5.74) is 2.42. The van der Waals surface area contributed by atoms with Gasteiger partial charge in [-0.1, -0.05) is 54.6 Å². The maximum absolute atomic E-state index is 12.9. The van der Waals surface area contributed by atoms with Crippen LogP contribution in [0.4, 0.5) is 5.69 Å². The normalized spacial score (nSPS) is 11.2. The summed E-state index contributed by atoms with van der Waals surface area (Å²) < 4.78 is 1.97. The van der Waals surface area contributed by atoms with E-state index in [0.29, 0.717) is 18.7 Å². The molecule has 0 fully saturated rings. The molecule has 0 bridgehead atoms. The van der Waals surface area contributed by atoms with Gasteiger partial charge < -0.3 is 9.88 Å². The third-order valence-electron chi connectivity index (χ3n) is 4.99. The summed E-state index contributed by atoms with van der Waals surface area (Å²) in [4.78, 5) is 12.9. The molecule has 0 saturated carbocycles. The summed E-state index contributed by atoms with van der Waals surface area (Å²) in [6.07, 6.45) is 3.87. The van der Waals surface area contributed by atoms with Crippen molar-refractivity contribution in [1.82, 2.24) is 4.57 Å². The Bertz CT molecular complexity index is 1360. The first-order chi connectivity index (χ1) is 14.7. The Labute approximate surface area is 174 Å². The first-order valence-electron chi connectivity index (χ1n) is 9.57. The van der Waals surface area contributed by atoms with Gasteiger partial charge in [0.2, 0.25) is 0 Å². The summed E-state index contributed by atoms with van der Waals surface area (Å²) in [6, 6.07) is 25.4. The number of anilines is 1. The number of aryl methyl sites for hydroxylation is 1. The van der Waals surface area contributed by atoms with Gasteiger partial charge in [0, 0.05) is 40.3 Å². The molecule has 0 unspecified atom stereocenters. The standard InChI is InChI=1S/C25H18N4O/c26-13-6-14-29-17-20(22-10-3-4-12-24(22)29)15-19(16-27)25(30)28-23-11-5-8-18-7-1-2-9-21(18)23/h1-5,7-12,15,17H,6,14H2,(H,28,30)/b19-15+. The van der Waals surface area contributed by atoms with E-state index in [0.717, 1.165) is 27.2 Å². The highest BCUT2D eigenvalue weighted by molar-refractivity contribution is 6.13. The van der Waals surface area contributed by atoms with Crippen LogP contribution in [0.1, 0.15) is 12.0 Å². The highest BCUT2D eigenvalue weighted by Gasteiger charge is 2.14. The maximum Gasteiger partial charge on any atom is 0.266 e. The average molecular weight is 390 g/mol. The van der Waals surface area contributed by atoms with Gasteiger partial charge in [0.15, 0.2) is 0 Å². The lowest BCUT2D eigenvalue weighted by molar-refractivity contribution is -0.112. The fourth-order valence-electron chi connectivity index (χ4n) is 3.57. The summed E-state index contributed by atoms with van der Waals surface area (Å²) in [7, 11) is 0. The van der Waals surface area contributed by atoms with Crippen LogP contribution in [-0.2, 0) is 11.3 Å². The van der Waals surface area contributed by atoms with Crippen LogP contribution in [0.3, 0.4) is 0 Å². The van der Waals surface area contributed by atoms with Crippen molar-refractivity contribution < 1.29 is 4.79 Å². The van der Waals surface area contributed by atoms with E-state index in [1.807, 2.05) is 83.6 Å². The monoisotopic (exact) mass is 390 g/mol. The predicted octanol–water partition coefficient (Wildman–Crippen LogP) is 5.25. The van der Waals surface area contributed by atoms with Crippen molar-refractivity contribution in [2.45, 2.75) is 13.0 Å². The number of carbonyl (C=O) groups is 1. The smallest absolute Gasteiger partial charge is 0.266 e. The number of amides is 1. The van der Waals surface area contributed by atoms with E-state index in [1.165, 1.54) is 0 Å². The summed E-state index contributed by atoms with van der Waals surface area (Å²) in [5, 5.41) is 24.3. The fourth-order valence-corrected chi connectivity index (χ4v) is 3.57. The minimum absolute atomic E-state index is 0.0196. The van der Waals surface area contributed by atoms with Gasteiger partial charge in [0.25, 0.3) is 5.91 Å². The molecule has 3 aromatic carbocycles. The zero-order valence-electron chi connectivity index (χ0n) is 16.2. The predicted molar refractivity (Wildman–Crippen MR) is 118 cm³/mol. The summed E-state index contributed by atoms with van der Waals surface area (Å²) in [5.74, 6) is -0.456. The Kier molecular flexibility index (Phi) is 5.28. The number of hydrogen-bond acceptors (Lipinski definition) is 3. The van der Waals surface area contributed by atoms with Crippen LogP contribution < -0.4 is 5.32 Å². The molecule has 1 heterocycles. The molecule has 4 rings (SSSR count). The number of benzene rings is 3. The van der Waals surface area contributed by atoms with Crippen LogP contribution in [0, 0.1) is 22.7 Å². The van der Waals surface area contributed by atoms with Crippen molar-refractivity contribution in [1.29, 1.82) is 10.5 Å². The zero-order chi connectivity index (χ0) is 20.9. The Balaban J connectivity index is 1.69. The van der Waals surface area contributed by atoms with Crippen LogP contribution in [0.5, 0.6) is 0 Å². The molecule has 1 N–H and O–H groups in total. The van der Waals surface area contributed by atoms with E-state index >= 15 is 0 Å². The highest BCUT2D eigenvalue weighted by atomic mass is 16.1.